The largest absolute Gasteiger partial charge is 0.457 e. The fourth-order valence-electron chi connectivity index (χ4n) is 2.92. The first-order valence-electron chi connectivity index (χ1n) is 8.68. The van der Waals surface area contributed by atoms with E-state index in [2.05, 4.69) is 5.32 Å². The zero-order valence-electron chi connectivity index (χ0n) is 15.5. The topological polar surface area (TPSA) is 72.5 Å². The molecule has 27 heavy (non-hydrogen) atoms. The number of hydrogen-bond acceptors (Lipinski definition) is 5. The highest BCUT2D eigenvalue weighted by molar-refractivity contribution is 8.01. The normalized spacial score (nSPS) is 15.7. The number of rotatable bonds is 5. The third-order valence-corrected chi connectivity index (χ3v) is 5.84. The van der Waals surface area contributed by atoms with Crippen LogP contribution in [0, 0.1) is 20.8 Å². The van der Waals surface area contributed by atoms with E-state index >= 15 is 0 Å². The van der Waals surface area contributed by atoms with Crippen LogP contribution in [0.3, 0.4) is 0 Å². The third kappa shape index (κ3) is 4.39. The van der Waals surface area contributed by atoms with Gasteiger partial charge in [0, 0.05) is 10.5 Å². The second kappa shape index (κ2) is 7.96. The Hall–Kier alpha value is -2.60. The van der Waals surface area contributed by atoms with Crippen molar-refractivity contribution in [1.29, 1.82) is 0 Å². The number of carbonyl (C=O) groups is 3. The summed E-state index contributed by atoms with van der Waals surface area (Å²) in [6.45, 7) is 5.47. The highest BCUT2D eigenvalue weighted by Gasteiger charge is 2.29. The molecule has 1 aliphatic rings. The van der Waals surface area contributed by atoms with Crippen molar-refractivity contribution in [3.63, 3.8) is 0 Å². The maximum atomic E-state index is 12.4. The molecular formula is C21H21NO4S. The minimum Gasteiger partial charge on any atom is -0.457 e. The zero-order chi connectivity index (χ0) is 19.6. The second-order valence-corrected chi connectivity index (χ2v) is 7.88. The van der Waals surface area contributed by atoms with E-state index in [0.29, 0.717) is 5.56 Å². The number of Topliss-reactive ketones (excluding diaryl/α,β-unsaturated/α-hetero) is 1. The van der Waals surface area contributed by atoms with Crippen molar-refractivity contribution >= 4 is 35.1 Å². The van der Waals surface area contributed by atoms with Crippen LogP contribution in [0.4, 0.5) is 5.69 Å². The van der Waals surface area contributed by atoms with Gasteiger partial charge in [-0.15, -0.1) is 11.8 Å². The minimum absolute atomic E-state index is 0.0793. The van der Waals surface area contributed by atoms with Crippen molar-refractivity contribution in [1.82, 2.24) is 0 Å². The zero-order valence-corrected chi connectivity index (χ0v) is 16.3. The van der Waals surface area contributed by atoms with E-state index in [-0.39, 0.29) is 24.7 Å². The first kappa shape index (κ1) is 19.2. The smallest absolute Gasteiger partial charge is 0.307 e. The van der Waals surface area contributed by atoms with E-state index in [1.165, 1.54) is 11.8 Å². The number of benzene rings is 2. The summed E-state index contributed by atoms with van der Waals surface area (Å²) in [5, 5.41) is 2.23. The van der Waals surface area contributed by atoms with Gasteiger partial charge in [-0.25, -0.2) is 0 Å². The van der Waals surface area contributed by atoms with Gasteiger partial charge in [-0.2, -0.15) is 0 Å². The Balaban J connectivity index is 1.58. The molecule has 2 aromatic rings. The van der Waals surface area contributed by atoms with Crippen LogP contribution in [0.15, 0.2) is 41.3 Å². The molecule has 0 fully saturated rings. The summed E-state index contributed by atoms with van der Waals surface area (Å²) in [5.74, 6) is -1.03. The Morgan fingerprint density at radius 3 is 2.56 bits per heavy atom. The van der Waals surface area contributed by atoms with Gasteiger partial charge >= 0.3 is 5.97 Å². The molecule has 0 aliphatic carbocycles. The van der Waals surface area contributed by atoms with Crippen molar-refractivity contribution < 1.29 is 19.1 Å². The average Bonchev–Trinajstić information content (AvgIpc) is 2.63. The number of hydrogen-bond donors (Lipinski definition) is 1. The Labute approximate surface area is 162 Å². The molecule has 6 heteroatoms. The number of aryl methyl sites for hydroxylation is 3. The average molecular weight is 383 g/mol. The number of ether oxygens (including phenoxy) is 1. The van der Waals surface area contributed by atoms with Crippen molar-refractivity contribution in [2.45, 2.75) is 37.3 Å². The van der Waals surface area contributed by atoms with Gasteiger partial charge in [0.25, 0.3) is 0 Å². The summed E-state index contributed by atoms with van der Waals surface area (Å²) in [6.07, 6.45) is -0.0793. The third-order valence-electron chi connectivity index (χ3n) is 4.56. The molecule has 1 N–H and O–H groups in total. The molecule has 0 aromatic heterocycles. The lowest BCUT2D eigenvalue weighted by Gasteiger charge is -2.23. The van der Waals surface area contributed by atoms with Gasteiger partial charge in [-0.05, 0) is 55.7 Å². The molecule has 2 aromatic carbocycles. The minimum atomic E-state index is -0.564. The first-order valence-corrected chi connectivity index (χ1v) is 9.56. The number of carbonyl (C=O) groups excluding carboxylic acids is 3. The van der Waals surface area contributed by atoms with Gasteiger partial charge in [0.2, 0.25) is 11.7 Å². The fraction of sp³-hybridized carbons (Fsp3) is 0.286. The molecule has 0 bridgehead atoms. The Kier molecular flexibility index (Phi) is 5.65. The highest BCUT2D eigenvalue weighted by Crippen LogP contribution is 2.36. The van der Waals surface area contributed by atoms with E-state index < -0.39 is 11.2 Å². The van der Waals surface area contributed by atoms with Gasteiger partial charge in [-0.1, -0.05) is 18.2 Å². The van der Waals surface area contributed by atoms with Crippen molar-refractivity contribution in [3.05, 3.63) is 58.7 Å². The van der Waals surface area contributed by atoms with Crippen LogP contribution in [0.25, 0.3) is 0 Å². The summed E-state index contributed by atoms with van der Waals surface area (Å²) in [6, 6.07) is 11.2. The molecule has 3 rings (SSSR count). The van der Waals surface area contributed by atoms with Crippen LogP contribution in [0.2, 0.25) is 0 Å². The van der Waals surface area contributed by atoms with Gasteiger partial charge in [-0.3, -0.25) is 14.4 Å². The van der Waals surface area contributed by atoms with Gasteiger partial charge in [0.15, 0.2) is 6.61 Å². The molecule has 5 nitrogen and oxygen atoms in total. The van der Waals surface area contributed by atoms with Crippen LogP contribution in [-0.2, 0) is 14.3 Å². The second-order valence-electron chi connectivity index (χ2n) is 6.63. The number of esters is 1. The maximum Gasteiger partial charge on any atom is 0.307 e. The number of thioether (sulfide) groups is 1. The monoisotopic (exact) mass is 383 g/mol. The van der Waals surface area contributed by atoms with Crippen molar-refractivity contribution in [2.24, 2.45) is 0 Å². The fourth-order valence-corrected chi connectivity index (χ4v) is 4.02. The summed E-state index contributed by atoms with van der Waals surface area (Å²) in [5.41, 5.74) is 4.30. The van der Waals surface area contributed by atoms with Gasteiger partial charge in [0.1, 0.15) is 0 Å². The summed E-state index contributed by atoms with van der Waals surface area (Å²) >= 11 is 1.33. The standard InChI is InChI=1S/C21H21NO4S/c1-12-8-14(3)15(9-13(12)2)17(23)11-26-20(24)10-19-21(25)22-16-6-4-5-7-18(16)27-19/h4-9,19H,10-11H2,1-3H3,(H,22,25). The summed E-state index contributed by atoms with van der Waals surface area (Å²) in [7, 11) is 0. The van der Waals surface area contributed by atoms with Gasteiger partial charge < -0.3 is 10.1 Å². The molecule has 1 aliphatic heterocycles. The van der Waals surface area contributed by atoms with Crippen LogP contribution >= 0.6 is 11.8 Å². The molecule has 0 saturated carbocycles. The lowest BCUT2D eigenvalue weighted by Crippen LogP contribution is -2.31. The molecule has 0 spiro atoms. The molecular weight excluding hydrogens is 362 g/mol. The summed E-state index contributed by atoms with van der Waals surface area (Å²) < 4.78 is 5.14. The van der Waals surface area contributed by atoms with Crippen LogP contribution in [0.1, 0.15) is 33.5 Å². The number of ketones is 1. The maximum absolute atomic E-state index is 12.4. The van der Waals surface area contributed by atoms with E-state index in [0.717, 1.165) is 27.3 Å². The molecule has 140 valence electrons. The predicted molar refractivity (Wildman–Crippen MR) is 105 cm³/mol. The number of para-hydroxylation sites is 1. The number of nitrogens with one attached hydrogen (secondary N) is 1. The van der Waals surface area contributed by atoms with Gasteiger partial charge in [0.05, 0.1) is 17.4 Å². The Morgan fingerprint density at radius 1 is 1.07 bits per heavy atom. The van der Waals surface area contributed by atoms with Crippen molar-refractivity contribution in [3.8, 4) is 0 Å². The van der Waals surface area contributed by atoms with E-state index in [9.17, 15) is 14.4 Å². The van der Waals surface area contributed by atoms with E-state index in [1.54, 1.807) is 0 Å². The molecule has 0 saturated heterocycles. The highest BCUT2D eigenvalue weighted by atomic mass is 32.2. The molecule has 1 atom stereocenters. The van der Waals surface area contributed by atoms with Crippen LogP contribution < -0.4 is 5.32 Å². The van der Waals surface area contributed by atoms with Crippen LogP contribution in [-0.4, -0.2) is 29.5 Å². The lowest BCUT2D eigenvalue weighted by atomic mass is 9.98. The van der Waals surface area contributed by atoms with E-state index in [4.69, 9.17) is 4.74 Å². The number of anilines is 1. The SMILES string of the molecule is Cc1cc(C)c(C(=O)COC(=O)CC2Sc3ccccc3NC2=O)cc1C. The first-order chi connectivity index (χ1) is 12.8. The number of amides is 1. The molecule has 1 unspecified atom stereocenters. The molecule has 0 radical (unpaired) electrons. The van der Waals surface area contributed by atoms with Crippen molar-refractivity contribution in [2.75, 3.05) is 11.9 Å². The van der Waals surface area contributed by atoms with E-state index in [1.807, 2.05) is 57.2 Å². The molecule has 1 amide bonds. The van der Waals surface area contributed by atoms with Crippen LogP contribution in [0.5, 0.6) is 0 Å². The Morgan fingerprint density at radius 2 is 1.78 bits per heavy atom. The summed E-state index contributed by atoms with van der Waals surface area (Å²) in [4.78, 5) is 37.6. The molecule has 1 heterocycles. The predicted octanol–water partition coefficient (Wildman–Crippen LogP) is 3.84. The number of fused-ring (bicyclic) bond motifs is 1. The Bertz CT molecular complexity index is 922. The lowest BCUT2D eigenvalue weighted by molar-refractivity contribution is -0.143. The quantitative estimate of drug-likeness (QED) is 0.627.